The highest BCUT2D eigenvalue weighted by atomic mass is 16.5. The molecule has 0 saturated carbocycles. The molecule has 2 N–H and O–H groups in total. The number of aromatic nitrogens is 2. The molecule has 0 unspecified atom stereocenters. The number of hydrogen-bond donors (Lipinski definition) is 2. The molecular formula is C14H14BN3O3. The van der Waals surface area contributed by atoms with Crippen LogP contribution in [0.4, 0.5) is 5.69 Å². The highest BCUT2D eigenvalue weighted by molar-refractivity contribution is 6.62. The number of benzene rings is 1. The number of nitrogens with one attached hydrogen (secondary N) is 1. The first kappa shape index (κ1) is 13.7. The minimum atomic E-state index is -0.983. The molecule has 1 aromatic carbocycles. The summed E-state index contributed by atoms with van der Waals surface area (Å²) in [6, 6.07) is 5.33. The fourth-order valence-corrected chi connectivity index (χ4v) is 2.41. The molecule has 0 radical (unpaired) electrons. The van der Waals surface area contributed by atoms with Crippen molar-refractivity contribution in [2.24, 2.45) is 0 Å². The van der Waals surface area contributed by atoms with E-state index in [4.69, 9.17) is 4.65 Å². The molecule has 0 spiro atoms. The molecule has 2 aromatic rings. The first-order valence-electron chi connectivity index (χ1n) is 6.55. The smallest absolute Gasteiger partial charge is 0.423 e. The topological polar surface area (TPSA) is 84.3 Å². The number of rotatable bonds is 2. The van der Waals surface area contributed by atoms with E-state index in [1.807, 2.05) is 19.9 Å². The summed E-state index contributed by atoms with van der Waals surface area (Å²) in [6.07, 6.45) is 4.35. The maximum atomic E-state index is 12.0. The van der Waals surface area contributed by atoms with Crippen LogP contribution in [0.1, 0.15) is 29.9 Å². The number of carbonyl (C=O) groups is 1. The van der Waals surface area contributed by atoms with Crippen molar-refractivity contribution >= 4 is 24.2 Å². The lowest BCUT2D eigenvalue weighted by atomic mass is 9.78. The van der Waals surface area contributed by atoms with Gasteiger partial charge in [-0.1, -0.05) is 6.07 Å². The molecule has 1 aliphatic heterocycles. The van der Waals surface area contributed by atoms with Crippen molar-refractivity contribution in [3.63, 3.8) is 0 Å². The monoisotopic (exact) mass is 283 g/mol. The molecule has 0 atom stereocenters. The molecule has 0 bridgehead atoms. The van der Waals surface area contributed by atoms with E-state index in [-0.39, 0.29) is 11.6 Å². The summed E-state index contributed by atoms with van der Waals surface area (Å²) in [4.78, 5) is 19.8. The number of anilines is 1. The zero-order chi connectivity index (χ0) is 15.0. The molecule has 1 aliphatic rings. The van der Waals surface area contributed by atoms with Crippen LogP contribution in [0.25, 0.3) is 0 Å². The molecule has 1 amide bonds. The Balaban J connectivity index is 1.86. The minimum absolute atomic E-state index is 0.232. The average molecular weight is 283 g/mol. The Morgan fingerprint density at radius 3 is 2.90 bits per heavy atom. The number of carbonyl (C=O) groups excluding carboxylic acids is 1. The lowest BCUT2D eigenvalue weighted by Crippen LogP contribution is -2.29. The van der Waals surface area contributed by atoms with Crippen LogP contribution < -0.4 is 10.8 Å². The fourth-order valence-electron chi connectivity index (χ4n) is 2.41. The summed E-state index contributed by atoms with van der Waals surface area (Å²) in [5.74, 6) is -0.351. The quantitative estimate of drug-likeness (QED) is 0.792. The number of amides is 1. The maximum Gasteiger partial charge on any atom is 0.492 e. The molecule has 0 fully saturated rings. The van der Waals surface area contributed by atoms with Gasteiger partial charge in [0.25, 0.3) is 5.91 Å². The van der Waals surface area contributed by atoms with Crippen LogP contribution in [0, 0.1) is 0 Å². The second kappa shape index (κ2) is 4.94. The third-order valence-corrected chi connectivity index (χ3v) is 3.43. The van der Waals surface area contributed by atoms with Crippen LogP contribution in [-0.4, -0.2) is 28.0 Å². The first-order chi connectivity index (χ1) is 9.97. The molecular weight excluding hydrogens is 269 g/mol. The summed E-state index contributed by atoms with van der Waals surface area (Å²) in [6.45, 7) is 3.78. The standard InChI is InChI=1S/C14H14BN3O3/c1-14(2)10-4-3-9(7-11(10)15(20)21-14)18-13(19)12-8-16-5-6-17-12/h3-8,20H,1-2H3,(H,18,19). The molecule has 1 aromatic heterocycles. The summed E-state index contributed by atoms with van der Waals surface area (Å²) in [5, 5.41) is 12.7. The van der Waals surface area contributed by atoms with Crippen LogP contribution in [0.2, 0.25) is 0 Å². The van der Waals surface area contributed by atoms with Gasteiger partial charge in [-0.3, -0.25) is 9.78 Å². The van der Waals surface area contributed by atoms with Gasteiger partial charge in [0, 0.05) is 18.1 Å². The highest BCUT2D eigenvalue weighted by Crippen LogP contribution is 2.30. The summed E-state index contributed by atoms with van der Waals surface area (Å²) in [7, 11) is -0.983. The van der Waals surface area contributed by atoms with Gasteiger partial charge in [0.05, 0.1) is 11.8 Å². The van der Waals surface area contributed by atoms with Crippen molar-refractivity contribution in [2.75, 3.05) is 5.32 Å². The lowest BCUT2D eigenvalue weighted by Gasteiger charge is -2.19. The van der Waals surface area contributed by atoms with E-state index in [0.717, 1.165) is 5.56 Å². The van der Waals surface area contributed by atoms with Crippen LogP contribution >= 0.6 is 0 Å². The minimum Gasteiger partial charge on any atom is -0.423 e. The largest absolute Gasteiger partial charge is 0.492 e. The van der Waals surface area contributed by atoms with E-state index in [1.54, 1.807) is 12.1 Å². The van der Waals surface area contributed by atoms with Gasteiger partial charge in [-0.05, 0) is 37.0 Å². The Bertz CT molecular complexity index is 691. The Morgan fingerprint density at radius 1 is 1.38 bits per heavy atom. The Kier molecular flexibility index (Phi) is 3.23. The van der Waals surface area contributed by atoms with Gasteiger partial charge in [-0.2, -0.15) is 0 Å². The predicted molar refractivity (Wildman–Crippen MR) is 78.1 cm³/mol. The number of fused-ring (bicyclic) bond motifs is 1. The van der Waals surface area contributed by atoms with Gasteiger partial charge in [0.1, 0.15) is 5.69 Å². The van der Waals surface area contributed by atoms with Crippen molar-refractivity contribution in [2.45, 2.75) is 19.4 Å². The second-order valence-electron chi connectivity index (χ2n) is 5.33. The third-order valence-electron chi connectivity index (χ3n) is 3.43. The molecule has 106 valence electrons. The fraction of sp³-hybridized carbons (Fsp3) is 0.214. The zero-order valence-corrected chi connectivity index (χ0v) is 11.7. The zero-order valence-electron chi connectivity index (χ0n) is 11.7. The normalized spacial score (nSPS) is 15.7. The lowest BCUT2D eigenvalue weighted by molar-refractivity contribution is 0.100. The number of nitrogens with zero attached hydrogens (tertiary/aromatic N) is 2. The Hall–Kier alpha value is -2.25. The van der Waals surface area contributed by atoms with Gasteiger partial charge in [-0.25, -0.2) is 4.98 Å². The summed E-state index contributed by atoms with van der Waals surface area (Å²) < 4.78 is 5.48. The third kappa shape index (κ3) is 2.53. The van der Waals surface area contributed by atoms with E-state index in [9.17, 15) is 9.82 Å². The SMILES string of the molecule is CC1(C)OB(O)c2cc(NC(=O)c3cnccn3)ccc21. The van der Waals surface area contributed by atoms with E-state index in [0.29, 0.717) is 11.2 Å². The summed E-state index contributed by atoms with van der Waals surface area (Å²) >= 11 is 0. The van der Waals surface area contributed by atoms with Crippen molar-refractivity contribution in [1.82, 2.24) is 9.97 Å². The van der Waals surface area contributed by atoms with E-state index >= 15 is 0 Å². The van der Waals surface area contributed by atoms with Crippen LogP contribution in [0.15, 0.2) is 36.8 Å². The van der Waals surface area contributed by atoms with Gasteiger partial charge in [0.2, 0.25) is 0 Å². The van der Waals surface area contributed by atoms with Crippen LogP contribution in [-0.2, 0) is 10.3 Å². The Morgan fingerprint density at radius 2 is 2.19 bits per heavy atom. The van der Waals surface area contributed by atoms with E-state index in [1.165, 1.54) is 18.6 Å². The summed E-state index contributed by atoms with van der Waals surface area (Å²) in [5.41, 5.74) is 1.84. The first-order valence-corrected chi connectivity index (χ1v) is 6.55. The predicted octanol–water partition coefficient (Wildman–Crippen LogP) is 0.682. The van der Waals surface area contributed by atoms with Crippen LogP contribution in [0.3, 0.4) is 0 Å². The second-order valence-corrected chi connectivity index (χ2v) is 5.33. The van der Waals surface area contributed by atoms with E-state index in [2.05, 4.69) is 15.3 Å². The van der Waals surface area contributed by atoms with Gasteiger partial charge in [-0.15, -0.1) is 0 Å². The van der Waals surface area contributed by atoms with Crippen molar-refractivity contribution in [3.8, 4) is 0 Å². The highest BCUT2D eigenvalue weighted by Gasteiger charge is 2.40. The molecule has 0 saturated heterocycles. The van der Waals surface area contributed by atoms with Crippen molar-refractivity contribution in [3.05, 3.63) is 48.0 Å². The van der Waals surface area contributed by atoms with Gasteiger partial charge >= 0.3 is 7.12 Å². The van der Waals surface area contributed by atoms with Crippen molar-refractivity contribution in [1.29, 1.82) is 0 Å². The molecule has 21 heavy (non-hydrogen) atoms. The average Bonchev–Trinajstić information content (AvgIpc) is 2.69. The molecule has 7 heteroatoms. The van der Waals surface area contributed by atoms with E-state index < -0.39 is 12.7 Å². The molecule has 6 nitrogen and oxygen atoms in total. The number of hydrogen-bond acceptors (Lipinski definition) is 5. The maximum absolute atomic E-state index is 12.0. The van der Waals surface area contributed by atoms with Gasteiger partial charge < -0.3 is 15.0 Å². The molecule has 0 aliphatic carbocycles. The molecule has 3 rings (SSSR count). The molecule has 2 heterocycles. The Labute approximate surface area is 122 Å². The van der Waals surface area contributed by atoms with Crippen molar-refractivity contribution < 1.29 is 14.5 Å². The van der Waals surface area contributed by atoms with Crippen LogP contribution in [0.5, 0.6) is 0 Å². The van der Waals surface area contributed by atoms with Gasteiger partial charge in [0.15, 0.2) is 0 Å².